The van der Waals surface area contributed by atoms with Crippen molar-refractivity contribution in [1.29, 1.82) is 0 Å². The topological polar surface area (TPSA) is 54.2 Å². The van der Waals surface area contributed by atoms with Crippen LogP contribution in [-0.2, 0) is 0 Å². The zero-order chi connectivity index (χ0) is 13.0. The van der Waals surface area contributed by atoms with Gasteiger partial charge in [0, 0.05) is 12.6 Å². The summed E-state index contributed by atoms with van der Waals surface area (Å²) in [5, 5.41) is 3.81. The minimum Gasteiger partial charge on any atom is -0.396 e. The molecular formula is C12H21ClN4. The van der Waals surface area contributed by atoms with Gasteiger partial charge in [0.2, 0.25) is 0 Å². The van der Waals surface area contributed by atoms with Crippen LogP contribution in [0.5, 0.6) is 0 Å². The molecule has 1 rings (SSSR count). The molecule has 0 aliphatic carbocycles. The number of anilines is 2. The highest BCUT2D eigenvalue weighted by Gasteiger charge is 2.16. The van der Waals surface area contributed by atoms with Gasteiger partial charge in [0.15, 0.2) is 5.82 Å². The van der Waals surface area contributed by atoms with Crippen LogP contribution >= 0.6 is 11.6 Å². The van der Waals surface area contributed by atoms with E-state index in [1.54, 1.807) is 12.1 Å². The Labute approximate surface area is 108 Å². The molecule has 0 aliphatic rings. The van der Waals surface area contributed by atoms with Crippen molar-refractivity contribution in [2.45, 2.75) is 19.9 Å². The smallest absolute Gasteiger partial charge is 0.151 e. The minimum atomic E-state index is 0.290. The number of hydrogen-bond acceptors (Lipinski definition) is 4. The van der Waals surface area contributed by atoms with Crippen LogP contribution in [0.15, 0.2) is 12.1 Å². The van der Waals surface area contributed by atoms with Crippen molar-refractivity contribution in [3.63, 3.8) is 0 Å². The number of nitrogens with zero attached hydrogens (tertiary/aromatic N) is 2. The van der Waals surface area contributed by atoms with Crippen molar-refractivity contribution < 1.29 is 0 Å². The first-order valence-corrected chi connectivity index (χ1v) is 6.11. The summed E-state index contributed by atoms with van der Waals surface area (Å²) in [7, 11) is 4.09. The maximum Gasteiger partial charge on any atom is 0.151 e. The van der Waals surface area contributed by atoms with Crippen LogP contribution in [0, 0.1) is 5.92 Å². The quantitative estimate of drug-likeness (QED) is 0.794. The van der Waals surface area contributed by atoms with E-state index in [0.29, 0.717) is 28.6 Å². The van der Waals surface area contributed by atoms with Crippen molar-refractivity contribution in [3.05, 3.63) is 17.3 Å². The highest BCUT2D eigenvalue weighted by Crippen LogP contribution is 2.20. The summed E-state index contributed by atoms with van der Waals surface area (Å²) in [4.78, 5) is 6.35. The first-order chi connectivity index (χ1) is 7.90. The van der Waals surface area contributed by atoms with E-state index in [2.05, 4.69) is 29.0 Å². The lowest BCUT2D eigenvalue weighted by atomic mass is 10.0. The van der Waals surface area contributed by atoms with Gasteiger partial charge in [-0.1, -0.05) is 25.4 Å². The summed E-state index contributed by atoms with van der Waals surface area (Å²) in [6.45, 7) is 5.26. The Balaban J connectivity index is 2.81. The molecule has 0 aliphatic heterocycles. The molecule has 0 bridgehead atoms. The molecule has 0 saturated heterocycles. The largest absolute Gasteiger partial charge is 0.396 e. The molecule has 5 heteroatoms. The Morgan fingerprint density at radius 2 is 2.06 bits per heavy atom. The Hall–Kier alpha value is -1.00. The van der Waals surface area contributed by atoms with E-state index in [1.165, 1.54) is 0 Å². The predicted octanol–water partition coefficient (Wildman–Crippen LogP) is 2.32. The molecule has 0 radical (unpaired) electrons. The van der Waals surface area contributed by atoms with Crippen molar-refractivity contribution in [2.75, 3.05) is 31.7 Å². The molecule has 0 aromatic carbocycles. The molecule has 1 atom stereocenters. The van der Waals surface area contributed by atoms with E-state index in [9.17, 15) is 0 Å². The minimum absolute atomic E-state index is 0.290. The van der Waals surface area contributed by atoms with Gasteiger partial charge in [-0.2, -0.15) is 0 Å². The molecule has 0 spiro atoms. The average molecular weight is 257 g/mol. The molecular weight excluding hydrogens is 236 g/mol. The Bertz CT molecular complexity index is 366. The third-order valence-corrected chi connectivity index (χ3v) is 2.79. The van der Waals surface area contributed by atoms with E-state index in [1.807, 2.05) is 14.1 Å². The number of hydrogen-bond donors (Lipinski definition) is 2. The molecule has 0 fully saturated rings. The molecule has 1 heterocycles. The van der Waals surface area contributed by atoms with Crippen molar-refractivity contribution in [1.82, 2.24) is 9.88 Å². The number of halogens is 1. The number of nitrogens with one attached hydrogen (secondary N) is 1. The number of aromatic nitrogens is 1. The van der Waals surface area contributed by atoms with Crippen LogP contribution in [0.2, 0.25) is 5.15 Å². The molecule has 4 nitrogen and oxygen atoms in total. The lowest BCUT2D eigenvalue weighted by molar-refractivity contribution is 0.344. The van der Waals surface area contributed by atoms with Crippen molar-refractivity contribution in [2.24, 2.45) is 5.92 Å². The Morgan fingerprint density at radius 1 is 1.41 bits per heavy atom. The van der Waals surface area contributed by atoms with Crippen LogP contribution in [0.1, 0.15) is 13.8 Å². The summed E-state index contributed by atoms with van der Waals surface area (Å²) >= 11 is 5.87. The zero-order valence-corrected chi connectivity index (χ0v) is 11.6. The normalized spacial score (nSPS) is 13.1. The fourth-order valence-electron chi connectivity index (χ4n) is 1.55. The summed E-state index contributed by atoms with van der Waals surface area (Å²) in [5.74, 6) is 1.15. The van der Waals surface area contributed by atoms with E-state index < -0.39 is 0 Å². The van der Waals surface area contributed by atoms with Crippen LogP contribution in [0.3, 0.4) is 0 Å². The molecule has 1 aromatic heterocycles. The molecule has 0 amide bonds. The zero-order valence-electron chi connectivity index (χ0n) is 10.9. The standard InChI is InChI=1S/C12H21ClN4/c1-8(2)10(7-17(3)4)15-12-9(14)5-6-11(13)16-12/h5-6,8,10H,7,14H2,1-4H3,(H,15,16). The van der Waals surface area contributed by atoms with E-state index in [4.69, 9.17) is 17.3 Å². The molecule has 1 aromatic rings. The van der Waals surface area contributed by atoms with E-state index >= 15 is 0 Å². The molecule has 96 valence electrons. The summed E-state index contributed by atoms with van der Waals surface area (Å²) in [5.41, 5.74) is 6.50. The highest BCUT2D eigenvalue weighted by atomic mass is 35.5. The van der Waals surface area contributed by atoms with Gasteiger partial charge in [-0.05, 0) is 32.1 Å². The van der Waals surface area contributed by atoms with E-state index in [-0.39, 0.29) is 0 Å². The Kier molecular flexibility index (Phi) is 5.02. The van der Waals surface area contributed by atoms with Crippen LogP contribution < -0.4 is 11.1 Å². The first kappa shape index (κ1) is 14.1. The van der Waals surface area contributed by atoms with Gasteiger partial charge in [-0.25, -0.2) is 4.98 Å². The monoisotopic (exact) mass is 256 g/mol. The Morgan fingerprint density at radius 3 is 2.59 bits per heavy atom. The lowest BCUT2D eigenvalue weighted by Crippen LogP contribution is -2.36. The molecule has 3 N–H and O–H groups in total. The second-order valence-electron chi connectivity index (χ2n) is 4.83. The number of rotatable bonds is 5. The molecule has 1 unspecified atom stereocenters. The number of nitrogen functional groups attached to an aromatic ring is 1. The summed E-state index contributed by atoms with van der Waals surface area (Å²) < 4.78 is 0. The van der Waals surface area contributed by atoms with Crippen molar-refractivity contribution >= 4 is 23.1 Å². The van der Waals surface area contributed by atoms with Crippen molar-refractivity contribution in [3.8, 4) is 0 Å². The predicted molar refractivity (Wildman–Crippen MR) is 74.5 cm³/mol. The second-order valence-corrected chi connectivity index (χ2v) is 5.22. The van der Waals surface area contributed by atoms with Crippen LogP contribution in [-0.4, -0.2) is 36.6 Å². The van der Waals surface area contributed by atoms with Gasteiger partial charge in [0.1, 0.15) is 5.15 Å². The number of pyridine rings is 1. The number of likely N-dealkylation sites (N-methyl/N-ethyl adjacent to an activating group) is 1. The lowest BCUT2D eigenvalue weighted by Gasteiger charge is -2.26. The maximum absolute atomic E-state index is 5.87. The van der Waals surface area contributed by atoms with Crippen LogP contribution in [0.4, 0.5) is 11.5 Å². The molecule has 17 heavy (non-hydrogen) atoms. The average Bonchev–Trinajstić information content (AvgIpc) is 2.21. The highest BCUT2D eigenvalue weighted by molar-refractivity contribution is 6.29. The third-order valence-electron chi connectivity index (χ3n) is 2.58. The summed E-state index contributed by atoms with van der Waals surface area (Å²) in [6.07, 6.45) is 0. The third kappa shape index (κ3) is 4.40. The van der Waals surface area contributed by atoms with Gasteiger partial charge >= 0.3 is 0 Å². The number of nitrogens with two attached hydrogens (primary N) is 1. The van der Waals surface area contributed by atoms with Gasteiger partial charge in [-0.15, -0.1) is 0 Å². The molecule has 0 saturated carbocycles. The SMILES string of the molecule is CC(C)C(CN(C)C)Nc1nc(Cl)ccc1N. The van der Waals surface area contributed by atoms with Gasteiger partial charge in [-0.3, -0.25) is 0 Å². The van der Waals surface area contributed by atoms with Crippen LogP contribution in [0.25, 0.3) is 0 Å². The van der Waals surface area contributed by atoms with Gasteiger partial charge in [0.05, 0.1) is 5.69 Å². The first-order valence-electron chi connectivity index (χ1n) is 5.73. The maximum atomic E-state index is 5.87. The van der Waals surface area contributed by atoms with E-state index in [0.717, 1.165) is 6.54 Å². The fraction of sp³-hybridized carbons (Fsp3) is 0.583. The van der Waals surface area contributed by atoms with Gasteiger partial charge in [0.25, 0.3) is 0 Å². The van der Waals surface area contributed by atoms with Gasteiger partial charge < -0.3 is 16.0 Å². The summed E-state index contributed by atoms with van der Waals surface area (Å²) in [6, 6.07) is 3.75. The second kappa shape index (κ2) is 6.07. The fourth-order valence-corrected chi connectivity index (χ4v) is 1.70.